The second kappa shape index (κ2) is 19.8. The maximum atomic E-state index is 13.5. The van der Waals surface area contributed by atoms with Crippen molar-refractivity contribution in [2.24, 2.45) is 40.7 Å². The summed E-state index contributed by atoms with van der Waals surface area (Å²) in [7, 11) is 3.30. The molecule has 0 spiro atoms. The number of hydrogen-bond donors (Lipinski definition) is 2. The molecular formula is C37H63N3O8. The summed E-state index contributed by atoms with van der Waals surface area (Å²) in [6, 6.07) is 5.74. The number of nitrogens with one attached hydrogen (secondary N) is 1. The van der Waals surface area contributed by atoms with Crippen LogP contribution in [0.3, 0.4) is 0 Å². The van der Waals surface area contributed by atoms with Crippen molar-refractivity contribution in [1.82, 2.24) is 10.2 Å². The van der Waals surface area contributed by atoms with Crippen LogP contribution in [0.4, 0.5) is 4.79 Å². The minimum atomic E-state index is -0.874. The molecule has 1 aromatic rings. The smallest absolute Gasteiger partial charge is 0.411 e. The Morgan fingerprint density at radius 1 is 1.00 bits per heavy atom. The fraction of sp³-hybridized carbons (Fsp3) is 0.757. The first-order valence-corrected chi connectivity index (χ1v) is 17.5. The van der Waals surface area contributed by atoms with Gasteiger partial charge in [0.1, 0.15) is 6.73 Å². The van der Waals surface area contributed by atoms with Crippen LogP contribution in [0.5, 0.6) is 11.5 Å². The largest absolute Gasteiger partial charge is 0.493 e. The maximum absolute atomic E-state index is 13.5. The van der Waals surface area contributed by atoms with E-state index in [0.29, 0.717) is 56.0 Å². The van der Waals surface area contributed by atoms with Crippen molar-refractivity contribution >= 4 is 17.9 Å². The quantitative estimate of drug-likeness (QED) is 0.155. The van der Waals surface area contributed by atoms with Gasteiger partial charge in [-0.15, -0.1) is 0 Å². The third-order valence-electron chi connectivity index (χ3n) is 9.38. The van der Waals surface area contributed by atoms with E-state index in [0.717, 1.165) is 24.8 Å². The van der Waals surface area contributed by atoms with Gasteiger partial charge in [-0.3, -0.25) is 14.5 Å². The second-order valence-corrected chi connectivity index (χ2v) is 14.8. The lowest BCUT2D eigenvalue weighted by molar-refractivity contribution is -0.130. The van der Waals surface area contributed by atoms with Crippen molar-refractivity contribution < 1.29 is 38.1 Å². The molecule has 1 saturated heterocycles. The molecule has 1 aliphatic rings. The van der Waals surface area contributed by atoms with Crippen LogP contribution < -0.4 is 20.5 Å². The van der Waals surface area contributed by atoms with Crippen molar-refractivity contribution in [3.8, 4) is 11.5 Å². The molecule has 3 N–H and O–H groups in total. The minimum Gasteiger partial charge on any atom is -0.493 e. The van der Waals surface area contributed by atoms with Crippen LogP contribution in [0.2, 0.25) is 0 Å². The number of carbonyl (C=O) groups is 3. The molecule has 0 radical (unpaired) electrons. The number of primary amides is 1. The van der Waals surface area contributed by atoms with E-state index in [4.69, 9.17) is 29.4 Å². The Kier molecular flexibility index (Phi) is 17.0. The van der Waals surface area contributed by atoms with Crippen LogP contribution >= 0.6 is 0 Å². The Morgan fingerprint density at radius 3 is 2.29 bits per heavy atom. The van der Waals surface area contributed by atoms with Crippen LogP contribution in [0.25, 0.3) is 0 Å². The number of hydrogen-bond acceptors (Lipinski definition) is 8. The van der Waals surface area contributed by atoms with Crippen molar-refractivity contribution in [2.75, 3.05) is 47.3 Å². The van der Waals surface area contributed by atoms with Gasteiger partial charge in [0.15, 0.2) is 11.5 Å². The molecule has 11 nitrogen and oxygen atoms in total. The van der Waals surface area contributed by atoms with E-state index in [1.54, 1.807) is 33.0 Å². The number of rotatable bonds is 21. The number of ether oxygens (including phenoxy) is 5. The van der Waals surface area contributed by atoms with Gasteiger partial charge in [-0.2, -0.15) is 0 Å². The highest BCUT2D eigenvalue weighted by Crippen LogP contribution is 2.36. The standard InChI is InChI=1S/C37H63N3O8/c1-24(2)14-17-47-36(43)40-23-48-32(21-29(26(5)6)34(41)39-22-37(7,8)35(38)42)30(40)20-28(25(3)4)18-27-12-13-31(45-10)33(19-27)46-16-11-15-44-9/h12-13,19,24-26,28-30,32H,11,14-18,20-23H2,1-10H3,(H2,38,42)(H,39,41)/t28-,29-,30-,32-/m0/s1. The fourth-order valence-electron chi connectivity index (χ4n) is 5.75. The number of amides is 3. The molecule has 1 fully saturated rings. The summed E-state index contributed by atoms with van der Waals surface area (Å²) in [5.41, 5.74) is 5.77. The summed E-state index contributed by atoms with van der Waals surface area (Å²) < 4.78 is 28.8. The molecule has 1 heterocycles. The fourth-order valence-corrected chi connectivity index (χ4v) is 5.75. The van der Waals surface area contributed by atoms with E-state index in [2.05, 4.69) is 39.1 Å². The minimum absolute atomic E-state index is 0.000452. The van der Waals surface area contributed by atoms with E-state index in [9.17, 15) is 14.4 Å². The lowest BCUT2D eigenvalue weighted by atomic mass is 9.80. The molecule has 3 amide bonds. The summed E-state index contributed by atoms with van der Waals surface area (Å²) in [5.74, 6) is 1.22. The highest BCUT2D eigenvalue weighted by Gasteiger charge is 2.43. The van der Waals surface area contributed by atoms with E-state index in [1.807, 2.05) is 26.0 Å². The van der Waals surface area contributed by atoms with Crippen LogP contribution in [0.15, 0.2) is 18.2 Å². The summed E-state index contributed by atoms with van der Waals surface area (Å²) in [6.07, 6.45) is 2.62. The average molecular weight is 678 g/mol. The molecule has 0 unspecified atom stereocenters. The highest BCUT2D eigenvalue weighted by atomic mass is 16.6. The van der Waals surface area contributed by atoms with Crippen molar-refractivity contribution in [3.63, 3.8) is 0 Å². The van der Waals surface area contributed by atoms with Crippen molar-refractivity contribution in [2.45, 2.75) is 99.6 Å². The first-order valence-electron chi connectivity index (χ1n) is 17.5. The van der Waals surface area contributed by atoms with E-state index < -0.39 is 23.3 Å². The monoisotopic (exact) mass is 677 g/mol. The van der Waals surface area contributed by atoms with Crippen molar-refractivity contribution in [3.05, 3.63) is 23.8 Å². The normalized spacial score (nSPS) is 17.9. The van der Waals surface area contributed by atoms with Gasteiger partial charge in [0.05, 0.1) is 37.9 Å². The molecule has 0 bridgehead atoms. The molecule has 11 heteroatoms. The van der Waals surface area contributed by atoms with Gasteiger partial charge >= 0.3 is 6.09 Å². The number of carbonyl (C=O) groups excluding carboxylic acids is 3. The van der Waals surface area contributed by atoms with Gasteiger partial charge in [-0.1, -0.05) is 47.6 Å². The predicted molar refractivity (Wildman–Crippen MR) is 187 cm³/mol. The highest BCUT2D eigenvalue weighted by molar-refractivity contribution is 5.83. The van der Waals surface area contributed by atoms with Gasteiger partial charge < -0.3 is 34.7 Å². The molecule has 1 aliphatic heterocycles. The van der Waals surface area contributed by atoms with Crippen LogP contribution in [-0.2, 0) is 30.2 Å². The van der Waals surface area contributed by atoms with Gasteiger partial charge in [-0.05, 0) is 80.9 Å². The number of nitrogens with zero attached hydrogens (tertiary/aromatic N) is 1. The Morgan fingerprint density at radius 2 is 1.71 bits per heavy atom. The maximum Gasteiger partial charge on any atom is 0.411 e. The number of methoxy groups -OCH3 is 2. The third-order valence-corrected chi connectivity index (χ3v) is 9.38. The third kappa shape index (κ3) is 12.8. The number of nitrogens with two attached hydrogens (primary N) is 1. The first kappa shape index (κ1) is 41.1. The SMILES string of the molecule is COCCCOc1cc(C[C@@H](C[C@H]2[C@H](C[C@H](C(=O)NCC(C)(C)C(N)=O)C(C)C)OCN2C(=O)OCCC(C)C)C(C)C)ccc1OC. The van der Waals surface area contributed by atoms with Crippen LogP contribution in [-0.4, -0.2) is 82.3 Å². The van der Waals surface area contributed by atoms with Crippen LogP contribution in [0.1, 0.15) is 86.6 Å². The zero-order valence-electron chi connectivity index (χ0n) is 31.1. The molecular weight excluding hydrogens is 614 g/mol. The molecule has 0 saturated carbocycles. The Balaban J connectivity index is 2.33. The van der Waals surface area contributed by atoms with Gasteiger partial charge in [0.25, 0.3) is 0 Å². The molecule has 2 rings (SSSR count). The molecule has 0 aromatic heterocycles. The molecule has 274 valence electrons. The topological polar surface area (TPSA) is 139 Å². The zero-order valence-corrected chi connectivity index (χ0v) is 31.1. The molecule has 0 aliphatic carbocycles. The zero-order chi connectivity index (χ0) is 36.0. The van der Waals surface area contributed by atoms with Gasteiger partial charge in [0, 0.05) is 32.6 Å². The summed E-state index contributed by atoms with van der Waals surface area (Å²) in [6.45, 7) is 17.7. The molecule has 1 aromatic carbocycles. The lowest BCUT2D eigenvalue weighted by Crippen LogP contribution is -2.46. The Bertz CT molecular complexity index is 1160. The summed E-state index contributed by atoms with van der Waals surface area (Å²) in [4.78, 5) is 40.5. The Hall–Kier alpha value is -3.05. The van der Waals surface area contributed by atoms with E-state index in [-0.39, 0.29) is 43.2 Å². The van der Waals surface area contributed by atoms with Crippen molar-refractivity contribution in [1.29, 1.82) is 0 Å². The van der Waals surface area contributed by atoms with Gasteiger partial charge in [0.2, 0.25) is 11.8 Å². The second-order valence-electron chi connectivity index (χ2n) is 14.8. The predicted octanol–water partition coefficient (Wildman–Crippen LogP) is 5.81. The van der Waals surface area contributed by atoms with E-state index in [1.165, 1.54) is 0 Å². The molecule has 4 atom stereocenters. The van der Waals surface area contributed by atoms with E-state index >= 15 is 0 Å². The first-order chi connectivity index (χ1) is 22.6. The average Bonchev–Trinajstić information content (AvgIpc) is 3.42. The summed E-state index contributed by atoms with van der Waals surface area (Å²) in [5, 5.41) is 2.95. The number of benzene rings is 1. The molecule has 48 heavy (non-hydrogen) atoms. The van der Waals surface area contributed by atoms with Gasteiger partial charge in [-0.25, -0.2) is 4.79 Å². The lowest BCUT2D eigenvalue weighted by Gasteiger charge is -2.33. The van der Waals surface area contributed by atoms with Crippen LogP contribution in [0, 0.1) is 35.0 Å². The Labute approximate surface area is 288 Å². The summed E-state index contributed by atoms with van der Waals surface area (Å²) >= 11 is 0.